The number of carbonyl (C=O) groups is 2. The monoisotopic (exact) mass is 400 g/mol. The van der Waals surface area contributed by atoms with Crippen molar-refractivity contribution < 1.29 is 19.8 Å². The maximum absolute atomic E-state index is 12.5. The van der Waals surface area contributed by atoms with E-state index >= 15 is 0 Å². The molecule has 0 unspecified atom stereocenters. The second-order valence-corrected chi connectivity index (χ2v) is 7.41. The van der Waals surface area contributed by atoms with Crippen LogP contribution in [0.15, 0.2) is 53.4 Å². The van der Waals surface area contributed by atoms with Crippen molar-refractivity contribution in [2.45, 2.75) is 6.42 Å². The van der Waals surface area contributed by atoms with Gasteiger partial charge in [0.05, 0.1) is 4.91 Å². The fourth-order valence-electron chi connectivity index (χ4n) is 2.43. The number of phenols is 2. The minimum Gasteiger partial charge on any atom is -0.508 e. The van der Waals surface area contributed by atoms with E-state index in [1.54, 1.807) is 42.5 Å². The Morgan fingerprint density at radius 1 is 1.15 bits per heavy atom. The number of hydrogen-bond donors (Lipinski definition) is 3. The largest absolute Gasteiger partial charge is 0.508 e. The number of hydrogen-bond acceptors (Lipinski definition) is 6. The van der Waals surface area contributed by atoms with E-state index in [9.17, 15) is 19.8 Å². The van der Waals surface area contributed by atoms with Crippen molar-refractivity contribution in [3.8, 4) is 11.5 Å². The number of phenolic OH excluding ortho intramolecular Hbond substituents is 2. The molecule has 0 bridgehead atoms. The van der Waals surface area contributed by atoms with Gasteiger partial charge >= 0.3 is 0 Å². The van der Waals surface area contributed by atoms with E-state index in [4.69, 9.17) is 12.2 Å². The molecule has 0 saturated carbocycles. The summed E-state index contributed by atoms with van der Waals surface area (Å²) in [6, 6.07) is 12.8. The Balaban J connectivity index is 1.61. The summed E-state index contributed by atoms with van der Waals surface area (Å²) in [4.78, 5) is 26.4. The summed E-state index contributed by atoms with van der Waals surface area (Å²) in [6.45, 7) is 0.159. The maximum Gasteiger partial charge on any atom is 0.266 e. The number of rotatable bonds is 5. The molecule has 1 aliphatic heterocycles. The number of amides is 2. The van der Waals surface area contributed by atoms with Crippen molar-refractivity contribution in [3.63, 3.8) is 0 Å². The van der Waals surface area contributed by atoms with Crippen LogP contribution in [0.25, 0.3) is 6.08 Å². The zero-order chi connectivity index (χ0) is 19.4. The lowest BCUT2D eigenvalue weighted by atomic mass is 10.2. The third-order valence-electron chi connectivity index (χ3n) is 3.81. The van der Waals surface area contributed by atoms with Crippen molar-refractivity contribution in [2.24, 2.45) is 0 Å². The second kappa shape index (κ2) is 8.24. The number of aromatic hydroxyl groups is 2. The lowest BCUT2D eigenvalue weighted by molar-refractivity contribution is -0.122. The number of carbonyl (C=O) groups excluding carboxylic acids is 2. The summed E-state index contributed by atoms with van der Waals surface area (Å²) in [7, 11) is 0. The van der Waals surface area contributed by atoms with Gasteiger partial charge in [-0.05, 0) is 36.4 Å². The molecule has 8 heteroatoms. The van der Waals surface area contributed by atoms with Gasteiger partial charge in [0.15, 0.2) is 0 Å². The number of thiocarbonyl (C=S) groups is 1. The van der Waals surface area contributed by atoms with E-state index in [1.165, 1.54) is 17.0 Å². The Kier molecular flexibility index (Phi) is 5.78. The molecule has 2 aromatic carbocycles. The van der Waals surface area contributed by atoms with Crippen LogP contribution in [-0.2, 0) is 9.59 Å². The van der Waals surface area contributed by atoms with Gasteiger partial charge in [-0.3, -0.25) is 14.5 Å². The molecule has 138 valence electrons. The molecule has 0 radical (unpaired) electrons. The highest BCUT2D eigenvalue weighted by molar-refractivity contribution is 8.26. The van der Waals surface area contributed by atoms with Gasteiger partial charge < -0.3 is 15.5 Å². The molecule has 27 heavy (non-hydrogen) atoms. The zero-order valence-corrected chi connectivity index (χ0v) is 15.7. The Morgan fingerprint density at radius 2 is 1.85 bits per heavy atom. The average Bonchev–Trinajstić information content (AvgIpc) is 2.90. The lowest BCUT2D eigenvalue weighted by Crippen LogP contribution is -2.31. The highest BCUT2D eigenvalue weighted by Crippen LogP contribution is 2.34. The summed E-state index contributed by atoms with van der Waals surface area (Å²) < 4.78 is 0.374. The first kappa shape index (κ1) is 18.9. The molecule has 1 saturated heterocycles. The topological polar surface area (TPSA) is 89.9 Å². The van der Waals surface area contributed by atoms with Gasteiger partial charge in [-0.25, -0.2) is 0 Å². The van der Waals surface area contributed by atoms with Crippen LogP contribution in [0.2, 0.25) is 0 Å². The van der Waals surface area contributed by atoms with Crippen molar-refractivity contribution in [1.29, 1.82) is 0 Å². The molecule has 2 amide bonds. The molecule has 1 aliphatic rings. The normalized spacial score (nSPS) is 15.4. The average molecular weight is 400 g/mol. The third kappa shape index (κ3) is 4.66. The number of para-hydroxylation sites is 1. The van der Waals surface area contributed by atoms with Crippen LogP contribution in [0.5, 0.6) is 11.5 Å². The number of nitrogens with zero attached hydrogens (tertiary/aromatic N) is 1. The second-order valence-electron chi connectivity index (χ2n) is 5.74. The van der Waals surface area contributed by atoms with Crippen LogP contribution in [0.4, 0.5) is 5.69 Å². The fourth-order valence-corrected chi connectivity index (χ4v) is 3.72. The molecule has 2 aromatic rings. The van der Waals surface area contributed by atoms with E-state index in [-0.39, 0.29) is 36.3 Å². The van der Waals surface area contributed by atoms with E-state index in [0.717, 1.165) is 11.8 Å². The SMILES string of the molecule is O=C(CCN1C(=O)/C(=C/c2ccccc2O)SC1=S)Nc1ccc(O)cc1. The molecular weight excluding hydrogens is 384 g/mol. The van der Waals surface area contributed by atoms with Crippen LogP contribution in [-0.4, -0.2) is 37.8 Å². The zero-order valence-electron chi connectivity index (χ0n) is 14.1. The molecule has 1 fully saturated rings. The van der Waals surface area contributed by atoms with Gasteiger partial charge in [0.1, 0.15) is 15.8 Å². The van der Waals surface area contributed by atoms with Gasteiger partial charge in [-0.2, -0.15) is 0 Å². The summed E-state index contributed by atoms with van der Waals surface area (Å²) in [6.07, 6.45) is 1.67. The summed E-state index contributed by atoms with van der Waals surface area (Å²) in [5, 5.41) is 21.8. The molecule has 0 aliphatic carbocycles. The first-order chi connectivity index (χ1) is 12.9. The highest BCUT2D eigenvalue weighted by Gasteiger charge is 2.32. The van der Waals surface area contributed by atoms with Gasteiger partial charge in [0.2, 0.25) is 5.91 Å². The number of nitrogens with one attached hydrogen (secondary N) is 1. The van der Waals surface area contributed by atoms with E-state index in [0.29, 0.717) is 20.5 Å². The Labute approximate surface area is 165 Å². The van der Waals surface area contributed by atoms with Crippen molar-refractivity contribution >= 4 is 51.9 Å². The fraction of sp³-hybridized carbons (Fsp3) is 0.105. The quantitative estimate of drug-likeness (QED) is 0.405. The lowest BCUT2D eigenvalue weighted by Gasteiger charge is -2.14. The predicted octanol–water partition coefficient (Wildman–Crippen LogP) is 3.33. The minimum atomic E-state index is -0.286. The van der Waals surface area contributed by atoms with Crippen molar-refractivity contribution in [1.82, 2.24) is 4.90 Å². The number of benzene rings is 2. The van der Waals surface area contributed by atoms with E-state index in [1.807, 2.05) is 0 Å². The molecule has 0 aromatic heterocycles. The van der Waals surface area contributed by atoms with Crippen LogP contribution < -0.4 is 5.32 Å². The predicted molar refractivity (Wildman–Crippen MR) is 109 cm³/mol. The summed E-state index contributed by atoms with van der Waals surface area (Å²) in [5.41, 5.74) is 1.09. The molecule has 6 nitrogen and oxygen atoms in total. The summed E-state index contributed by atoms with van der Waals surface area (Å²) in [5.74, 6) is -0.358. The van der Waals surface area contributed by atoms with Crippen molar-refractivity contribution in [3.05, 3.63) is 59.0 Å². The first-order valence-electron chi connectivity index (χ1n) is 8.06. The van der Waals surface area contributed by atoms with Crippen LogP contribution in [0.3, 0.4) is 0 Å². The molecule has 1 heterocycles. The highest BCUT2D eigenvalue weighted by atomic mass is 32.2. The Morgan fingerprint density at radius 3 is 2.56 bits per heavy atom. The number of anilines is 1. The van der Waals surface area contributed by atoms with E-state index in [2.05, 4.69) is 5.32 Å². The van der Waals surface area contributed by atoms with Gasteiger partial charge in [0, 0.05) is 24.2 Å². The molecule has 0 atom stereocenters. The van der Waals surface area contributed by atoms with Gasteiger partial charge in [-0.15, -0.1) is 0 Å². The van der Waals surface area contributed by atoms with Crippen LogP contribution in [0.1, 0.15) is 12.0 Å². The van der Waals surface area contributed by atoms with Crippen LogP contribution >= 0.6 is 24.0 Å². The third-order valence-corrected chi connectivity index (χ3v) is 5.19. The maximum atomic E-state index is 12.5. The minimum absolute atomic E-state index is 0.0797. The molecular formula is C19H16N2O4S2. The van der Waals surface area contributed by atoms with Gasteiger partial charge in [-0.1, -0.05) is 42.2 Å². The molecule has 3 rings (SSSR count). The van der Waals surface area contributed by atoms with Crippen LogP contribution in [0, 0.1) is 0 Å². The van der Waals surface area contributed by atoms with E-state index < -0.39 is 0 Å². The molecule has 0 spiro atoms. The number of thioether (sulfide) groups is 1. The summed E-state index contributed by atoms with van der Waals surface area (Å²) >= 11 is 6.39. The smallest absolute Gasteiger partial charge is 0.266 e. The Hall–Kier alpha value is -2.84. The first-order valence-corrected chi connectivity index (χ1v) is 9.29. The van der Waals surface area contributed by atoms with Gasteiger partial charge in [0.25, 0.3) is 5.91 Å². The Bertz CT molecular complexity index is 926. The molecule has 3 N–H and O–H groups in total. The standard InChI is InChI=1S/C19H16N2O4S2/c22-14-7-5-13(6-8-14)20-17(24)9-10-21-18(25)16(27-19(21)26)11-12-3-1-2-4-15(12)23/h1-8,11,22-23H,9-10H2,(H,20,24)/b16-11-. The van der Waals surface area contributed by atoms with Crippen molar-refractivity contribution in [2.75, 3.05) is 11.9 Å².